The number of Topliss-reactive ketones (excluding diaryl/α,β-unsaturated/α-hetero) is 1. The maximum absolute atomic E-state index is 12.1. The monoisotopic (exact) mass is 470 g/mol. The van der Waals surface area contributed by atoms with Crippen molar-refractivity contribution in [2.75, 3.05) is 7.11 Å². The van der Waals surface area contributed by atoms with Crippen molar-refractivity contribution >= 4 is 5.78 Å². The predicted molar refractivity (Wildman–Crippen MR) is 132 cm³/mol. The van der Waals surface area contributed by atoms with Gasteiger partial charge in [0.05, 0.1) is 18.6 Å². The van der Waals surface area contributed by atoms with Crippen molar-refractivity contribution in [2.24, 2.45) is 0 Å². The zero-order chi connectivity index (χ0) is 24.3. The first kappa shape index (κ1) is 23.2. The SMILES string of the molecule is COc1ccc(C2(C#Cc3cccc(-c4nnc(C)o4)c3)CCC(=O)CC2)cc1OC1CCCC1. The summed E-state index contributed by atoms with van der Waals surface area (Å²) in [5.74, 6) is 9.75. The van der Waals surface area contributed by atoms with Crippen molar-refractivity contribution < 1.29 is 18.7 Å². The molecule has 2 aliphatic carbocycles. The van der Waals surface area contributed by atoms with Gasteiger partial charge in [-0.25, -0.2) is 0 Å². The number of hydrogen-bond donors (Lipinski definition) is 0. The summed E-state index contributed by atoms with van der Waals surface area (Å²) >= 11 is 0. The van der Waals surface area contributed by atoms with Gasteiger partial charge in [-0.1, -0.05) is 24.0 Å². The van der Waals surface area contributed by atoms with E-state index < -0.39 is 5.41 Å². The van der Waals surface area contributed by atoms with Crippen LogP contribution in [0.15, 0.2) is 46.9 Å². The molecule has 180 valence electrons. The van der Waals surface area contributed by atoms with Gasteiger partial charge in [0.1, 0.15) is 5.78 Å². The van der Waals surface area contributed by atoms with E-state index in [1.807, 2.05) is 30.3 Å². The van der Waals surface area contributed by atoms with E-state index in [9.17, 15) is 4.79 Å². The second kappa shape index (κ2) is 9.95. The average Bonchev–Trinajstić information content (AvgIpc) is 3.56. The maximum atomic E-state index is 12.1. The van der Waals surface area contributed by atoms with Crippen LogP contribution in [0.2, 0.25) is 0 Å². The molecule has 2 fully saturated rings. The third kappa shape index (κ3) is 5.09. The summed E-state index contributed by atoms with van der Waals surface area (Å²) in [6.07, 6.45) is 7.21. The van der Waals surface area contributed by atoms with Crippen LogP contribution in [0.3, 0.4) is 0 Å². The van der Waals surface area contributed by atoms with Gasteiger partial charge in [0.2, 0.25) is 11.8 Å². The number of nitrogens with zero attached hydrogens (tertiary/aromatic N) is 2. The number of aryl methyl sites for hydroxylation is 1. The normalized spacial score (nSPS) is 17.6. The molecule has 2 saturated carbocycles. The summed E-state index contributed by atoms with van der Waals surface area (Å²) in [4.78, 5) is 12.1. The number of methoxy groups -OCH3 is 1. The highest BCUT2D eigenvalue weighted by Gasteiger charge is 2.36. The third-order valence-electron chi connectivity index (χ3n) is 7.05. The fourth-order valence-corrected chi connectivity index (χ4v) is 5.03. The van der Waals surface area contributed by atoms with E-state index in [-0.39, 0.29) is 6.10 Å². The minimum atomic E-state index is -0.426. The van der Waals surface area contributed by atoms with Crippen LogP contribution in [0.25, 0.3) is 11.5 Å². The Balaban J connectivity index is 1.50. The quantitative estimate of drug-likeness (QED) is 0.438. The minimum Gasteiger partial charge on any atom is -0.493 e. The van der Waals surface area contributed by atoms with Crippen LogP contribution in [0.5, 0.6) is 11.5 Å². The molecule has 6 nitrogen and oxygen atoms in total. The Morgan fingerprint density at radius 1 is 1.03 bits per heavy atom. The van der Waals surface area contributed by atoms with Crippen LogP contribution >= 0.6 is 0 Å². The largest absolute Gasteiger partial charge is 0.493 e. The van der Waals surface area contributed by atoms with Crippen molar-refractivity contribution in [2.45, 2.75) is 69.8 Å². The molecule has 0 radical (unpaired) electrons. The Kier molecular flexibility index (Phi) is 6.59. The van der Waals surface area contributed by atoms with Gasteiger partial charge < -0.3 is 13.9 Å². The first-order valence-corrected chi connectivity index (χ1v) is 12.4. The van der Waals surface area contributed by atoms with Crippen LogP contribution in [0, 0.1) is 18.8 Å². The van der Waals surface area contributed by atoms with Crippen LogP contribution in [-0.2, 0) is 10.2 Å². The van der Waals surface area contributed by atoms with Gasteiger partial charge in [-0.2, -0.15) is 0 Å². The van der Waals surface area contributed by atoms with E-state index >= 15 is 0 Å². The lowest BCUT2D eigenvalue weighted by Gasteiger charge is -2.33. The van der Waals surface area contributed by atoms with Crippen molar-refractivity contribution in [3.8, 4) is 34.8 Å². The smallest absolute Gasteiger partial charge is 0.247 e. The van der Waals surface area contributed by atoms with Crippen molar-refractivity contribution in [1.82, 2.24) is 10.2 Å². The molecular formula is C29H30N2O4. The topological polar surface area (TPSA) is 74.5 Å². The molecule has 0 amide bonds. The second-order valence-corrected chi connectivity index (χ2v) is 9.47. The first-order chi connectivity index (χ1) is 17.0. The molecule has 6 heteroatoms. The molecule has 0 spiro atoms. The molecule has 0 aliphatic heterocycles. The Morgan fingerprint density at radius 2 is 1.83 bits per heavy atom. The van der Waals surface area contributed by atoms with Crippen molar-refractivity contribution in [3.05, 3.63) is 59.5 Å². The van der Waals surface area contributed by atoms with Crippen molar-refractivity contribution in [3.63, 3.8) is 0 Å². The molecule has 0 unspecified atom stereocenters. The molecular weight excluding hydrogens is 440 g/mol. The number of ether oxygens (including phenoxy) is 2. The van der Waals surface area contributed by atoms with Gasteiger partial charge in [0.15, 0.2) is 11.5 Å². The number of aromatic nitrogens is 2. The lowest BCUT2D eigenvalue weighted by atomic mass is 9.69. The Labute approximate surface area is 206 Å². The third-order valence-corrected chi connectivity index (χ3v) is 7.05. The standard InChI is InChI=1S/C29H30N2O4/c1-20-30-31-28(34-20)22-7-5-6-21(18-22)12-15-29(16-13-24(32)14-17-29)23-10-11-26(33-2)27(19-23)35-25-8-3-4-9-25/h5-7,10-11,18-19,25H,3-4,8-9,13-14,16-17H2,1-2H3. The molecule has 0 saturated heterocycles. The highest BCUT2D eigenvalue weighted by atomic mass is 16.5. The van der Waals surface area contributed by atoms with Gasteiger partial charge >= 0.3 is 0 Å². The lowest BCUT2D eigenvalue weighted by molar-refractivity contribution is -0.120. The number of ketones is 1. The van der Waals surface area contributed by atoms with E-state index in [4.69, 9.17) is 13.9 Å². The summed E-state index contributed by atoms with van der Waals surface area (Å²) in [6, 6.07) is 13.9. The van der Waals surface area contributed by atoms with E-state index in [0.29, 0.717) is 43.2 Å². The van der Waals surface area contributed by atoms with Gasteiger partial charge in [-0.15, -0.1) is 10.2 Å². The molecule has 0 atom stereocenters. The average molecular weight is 471 g/mol. The van der Waals surface area contributed by atoms with E-state index in [2.05, 4.69) is 34.2 Å². The first-order valence-electron chi connectivity index (χ1n) is 12.4. The Hall–Kier alpha value is -3.59. The molecule has 3 aromatic rings. The molecule has 0 N–H and O–H groups in total. The zero-order valence-electron chi connectivity index (χ0n) is 20.3. The van der Waals surface area contributed by atoms with Crippen LogP contribution in [-0.4, -0.2) is 29.2 Å². The van der Waals surface area contributed by atoms with Gasteiger partial charge in [0.25, 0.3) is 0 Å². The Morgan fingerprint density at radius 3 is 2.54 bits per heavy atom. The highest BCUT2D eigenvalue weighted by Crippen LogP contribution is 2.42. The Bertz CT molecular complexity index is 1270. The molecule has 1 heterocycles. The van der Waals surface area contributed by atoms with Crippen LogP contribution in [0.4, 0.5) is 0 Å². The summed E-state index contributed by atoms with van der Waals surface area (Å²) in [6.45, 7) is 1.77. The number of rotatable bonds is 5. The summed E-state index contributed by atoms with van der Waals surface area (Å²) in [5.41, 5.74) is 2.35. The molecule has 2 aromatic carbocycles. The zero-order valence-corrected chi connectivity index (χ0v) is 20.3. The molecule has 1 aromatic heterocycles. The molecule has 35 heavy (non-hydrogen) atoms. The minimum absolute atomic E-state index is 0.227. The van der Waals surface area contributed by atoms with E-state index in [1.54, 1.807) is 14.0 Å². The molecule has 5 rings (SSSR count). The molecule has 2 aliphatic rings. The van der Waals surface area contributed by atoms with Gasteiger partial charge in [0, 0.05) is 30.9 Å². The second-order valence-electron chi connectivity index (χ2n) is 9.47. The lowest BCUT2D eigenvalue weighted by Crippen LogP contribution is -2.30. The van der Waals surface area contributed by atoms with Crippen LogP contribution in [0.1, 0.15) is 68.4 Å². The summed E-state index contributed by atoms with van der Waals surface area (Å²) in [5, 5.41) is 8.04. The highest BCUT2D eigenvalue weighted by molar-refractivity contribution is 5.80. The predicted octanol–water partition coefficient (Wildman–Crippen LogP) is 5.81. The van der Waals surface area contributed by atoms with Gasteiger partial charge in [-0.05, 0) is 74.4 Å². The van der Waals surface area contributed by atoms with E-state index in [0.717, 1.165) is 41.0 Å². The fourth-order valence-electron chi connectivity index (χ4n) is 5.03. The number of carbonyl (C=O) groups is 1. The molecule has 0 bridgehead atoms. The van der Waals surface area contributed by atoms with Crippen molar-refractivity contribution in [1.29, 1.82) is 0 Å². The van der Waals surface area contributed by atoms with Crippen LogP contribution < -0.4 is 9.47 Å². The number of carbonyl (C=O) groups excluding carboxylic acids is 1. The van der Waals surface area contributed by atoms with E-state index in [1.165, 1.54) is 12.8 Å². The summed E-state index contributed by atoms with van der Waals surface area (Å²) < 4.78 is 17.5. The fraction of sp³-hybridized carbons (Fsp3) is 0.414. The number of hydrogen-bond acceptors (Lipinski definition) is 6. The maximum Gasteiger partial charge on any atom is 0.247 e. The number of benzene rings is 2. The van der Waals surface area contributed by atoms with Gasteiger partial charge in [-0.3, -0.25) is 4.79 Å². The summed E-state index contributed by atoms with van der Waals surface area (Å²) in [7, 11) is 1.67.